The molecule has 1 atom stereocenters. The summed E-state index contributed by atoms with van der Waals surface area (Å²) in [4.78, 5) is 15.3. The molecule has 0 fully saturated rings. The van der Waals surface area contributed by atoms with E-state index in [2.05, 4.69) is 15.8 Å². The number of carbonyl (C=O) groups is 1. The fourth-order valence-electron chi connectivity index (χ4n) is 2.38. The summed E-state index contributed by atoms with van der Waals surface area (Å²) < 4.78 is 0. The number of aromatic amines is 1. The van der Waals surface area contributed by atoms with Crippen LogP contribution in [0.4, 0.5) is 5.69 Å². The van der Waals surface area contributed by atoms with Crippen molar-refractivity contribution < 1.29 is 4.79 Å². The van der Waals surface area contributed by atoms with Crippen LogP contribution in [-0.4, -0.2) is 16.9 Å². The van der Waals surface area contributed by atoms with Crippen LogP contribution >= 0.6 is 0 Å². The molecule has 3 aromatic rings. The van der Waals surface area contributed by atoms with Crippen molar-refractivity contribution in [1.82, 2.24) is 10.4 Å². The number of hydrazine groups is 1. The third-order valence-corrected chi connectivity index (χ3v) is 3.56. The second-order valence-corrected chi connectivity index (χ2v) is 5.15. The van der Waals surface area contributed by atoms with E-state index in [0.29, 0.717) is 6.42 Å². The summed E-state index contributed by atoms with van der Waals surface area (Å²) in [6.07, 6.45) is 2.38. The normalized spacial score (nSPS) is 12.0. The lowest BCUT2D eigenvalue weighted by atomic mass is 10.1. The van der Waals surface area contributed by atoms with Gasteiger partial charge in [-0.3, -0.25) is 15.6 Å². The van der Waals surface area contributed by atoms with Crippen LogP contribution < -0.4 is 16.6 Å². The van der Waals surface area contributed by atoms with E-state index in [1.54, 1.807) is 0 Å². The molecule has 1 aromatic heterocycles. The average molecular weight is 294 g/mol. The molecular formula is C17H18N4O. The summed E-state index contributed by atoms with van der Waals surface area (Å²) in [5.74, 6) is -0.242. The van der Waals surface area contributed by atoms with Crippen molar-refractivity contribution in [3.05, 3.63) is 66.4 Å². The number of H-pyrrole nitrogens is 1. The standard InChI is InChI=1S/C17H18N4O/c18-15(17(22)21-20-13-6-2-1-3-7-13)10-12-11-19-16-9-5-4-8-14(12)16/h1-9,11,15,19-20H,10,18H2,(H,21,22). The van der Waals surface area contributed by atoms with Gasteiger partial charge in [0.1, 0.15) is 0 Å². The zero-order valence-electron chi connectivity index (χ0n) is 12.0. The molecular weight excluding hydrogens is 276 g/mol. The minimum atomic E-state index is -0.615. The Morgan fingerprint density at radius 1 is 1.09 bits per heavy atom. The molecule has 112 valence electrons. The van der Waals surface area contributed by atoms with E-state index >= 15 is 0 Å². The van der Waals surface area contributed by atoms with E-state index in [0.717, 1.165) is 22.2 Å². The van der Waals surface area contributed by atoms with Gasteiger partial charge in [-0.1, -0.05) is 36.4 Å². The van der Waals surface area contributed by atoms with Crippen molar-refractivity contribution in [1.29, 1.82) is 0 Å². The van der Waals surface area contributed by atoms with E-state index in [9.17, 15) is 4.79 Å². The highest BCUT2D eigenvalue weighted by Crippen LogP contribution is 2.18. The first-order chi connectivity index (χ1) is 10.7. The van der Waals surface area contributed by atoms with E-state index in [-0.39, 0.29) is 5.91 Å². The summed E-state index contributed by atoms with van der Waals surface area (Å²) >= 11 is 0. The summed E-state index contributed by atoms with van der Waals surface area (Å²) in [6.45, 7) is 0. The van der Waals surface area contributed by atoms with Gasteiger partial charge in [-0.15, -0.1) is 0 Å². The van der Waals surface area contributed by atoms with Gasteiger partial charge in [0.2, 0.25) is 0 Å². The number of nitrogens with two attached hydrogens (primary N) is 1. The van der Waals surface area contributed by atoms with Gasteiger partial charge in [0.25, 0.3) is 5.91 Å². The topological polar surface area (TPSA) is 82.9 Å². The first-order valence-electron chi connectivity index (χ1n) is 7.15. The van der Waals surface area contributed by atoms with Crippen LogP contribution in [0.15, 0.2) is 60.8 Å². The quantitative estimate of drug-likeness (QED) is 0.544. The van der Waals surface area contributed by atoms with Gasteiger partial charge in [0, 0.05) is 17.1 Å². The minimum Gasteiger partial charge on any atom is -0.361 e. The number of benzene rings is 2. The largest absolute Gasteiger partial charge is 0.361 e. The summed E-state index contributed by atoms with van der Waals surface area (Å²) in [5.41, 5.74) is 14.4. The first kappa shape index (κ1) is 14.2. The molecule has 0 saturated carbocycles. The highest BCUT2D eigenvalue weighted by Gasteiger charge is 2.15. The monoisotopic (exact) mass is 294 g/mol. The van der Waals surface area contributed by atoms with Crippen molar-refractivity contribution in [3.8, 4) is 0 Å². The van der Waals surface area contributed by atoms with E-state index < -0.39 is 6.04 Å². The highest BCUT2D eigenvalue weighted by molar-refractivity contribution is 5.86. The average Bonchev–Trinajstić information content (AvgIpc) is 2.97. The number of nitrogens with one attached hydrogen (secondary N) is 3. The molecule has 22 heavy (non-hydrogen) atoms. The van der Waals surface area contributed by atoms with Crippen molar-refractivity contribution >= 4 is 22.5 Å². The fourth-order valence-corrected chi connectivity index (χ4v) is 2.38. The molecule has 0 spiro atoms. The predicted octanol–water partition coefficient (Wildman–Crippen LogP) is 2.18. The molecule has 0 bridgehead atoms. The van der Waals surface area contributed by atoms with Gasteiger partial charge >= 0.3 is 0 Å². The van der Waals surface area contributed by atoms with Gasteiger partial charge in [-0.25, -0.2) is 0 Å². The number of hydrogen-bond donors (Lipinski definition) is 4. The van der Waals surface area contributed by atoms with E-state index in [4.69, 9.17) is 5.73 Å². The number of anilines is 1. The zero-order chi connectivity index (χ0) is 15.4. The lowest BCUT2D eigenvalue weighted by Gasteiger charge is -2.13. The molecule has 1 heterocycles. The van der Waals surface area contributed by atoms with Crippen LogP contribution in [0.3, 0.4) is 0 Å². The van der Waals surface area contributed by atoms with Crippen molar-refractivity contribution in [2.75, 3.05) is 5.43 Å². The van der Waals surface area contributed by atoms with Crippen LogP contribution in [0.25, 0.3) is 10.9 Å². The van der Waals surface area contributed by atoms with Crippen LogP contribution in [0.2, 0.25) is 0 Å². The molecule has 5 nitrogen and oxygen atoms in total. The maximum atomic E-state index is 12.1. The first-order valence-corrected chi connectivity index (χ1v) is 7.15. The van der Waals surface area contributed by atoms with E-state index in [1.807, 2.05) is 60.8 Å². The Kier molecular flexibility index (Phi) is 4.07. The number of para-hydroxylation sites is 2. The van der Waals surface area contributed by atoms with Crippen molar-refractivity contribution in [3.63, 3.8) is 0 Å². The Labute approximate surface area is 128 Å². The lowest BCUT2D eigenvalue weighted by molar-refractivity contribution is -0.121. The Balaban J connectivity index is 1.61. The third kappa shape index (κ3) is 3.10. The number of carbonyl (C=O) groups excluding carboxylic acids is 1. The molecule has 0 aliphatic carbocycles. The number of aromatic nitrogens is 1. The van der Waals surface area contributed by atoms with Gasteiger partial charge in [-0.2, -0.15) is 0 Å². The molecule has 0 saturated heterocycles. The summed E-state index contributed by atoms with van der Waals surface area (Å²) in [6, 6.07) is 16.8. The van der Waals surface area contributed by atoms with Crippen LogP contribution in [0.5, 0.6) is 0 Å². The molecule has 1 unspecified atom stereocenters. The Hall–Kier alpha value is -2.79. The predicted molar refractivity (Wildman–Crippen MR) is 88.2 cm³/mol. The molecule has 0 aliphatic rings. The number of hydrogen-bond acceptors (Lipinski definition) is 3. The second-order valence-electron chi connectivity index (χ2n) is 5.15. The zero-order valence-corrected chi connectivity index (χ0v) is 12.0. The molecule has 0 aliphatic heterocycles. The number of rotatable bonds is 5. The smallest absolute Gasteiger partial charge is 0.255 e. The molecule has 5 N–H and O–H groups in total. The number of fused-ring (bicyclic) bond motifs is 1. The van der Waals surface area contributed by atoms with E-state index in [1.165, 1.54) is 0 Å². The SMILES string of the molecule is NC(Cc1c[nH]c2ccccc12)C(=O)NNc1ccccc1. The van der Waals surface area contributed by atoms with Gasteiger partial charge < -0.3 is 10.7 Å². The molecule has 2 aromatic carbocycles. The van der Waals surface area contributed by atoms with Crippen LogP contribution in [0.1, 0.15) is 5.56 Å². The van der Waals surface area contributed by atoms with Crippen molar-refractivity contribution in [2.45, 2.75) is 12.5 Å². The summed E-state index contributed by atoms with van der Waals surface area (Å²) in [7, 11) is 0. The Morgan fingerprint density at radius 3 is 2.64 bits per heavy atom. The van der Waals surface area contributed by atoms with Crippen LogP contribution in [0, 0.1) is 0 Å². The van der Waals surface area contributed by atoms with Crippen LogP contribution in [-0.2, 0) is 11.2 Å². The van der Waals surface area contributed by atoms with Gasteiger partial charge in [0.15, 0.2) is 0 Å². The van der Waals surface area contributed by atoms with Crippen molar-refractivity contribution in [2.24, 2.45) is 5.73 Å². The Morgan fingerprint density at radius 2 is 1.82 bits per heavy atom. The van der Waals surface area contributed by atoms with Gasteiger partial charge in [-0.05, 0) is 30.2 Å². The summed E-state index contributed by atoms with van der Waals surface area (Å²) in [5, 5.41) is 1.10. The molecule has 0 radical (unpaired) electrons. The maximum Gasteiger partial charge on any atom is 0.255 e. The highest BCUT2D eigenvalue weighted by atomic mass is 16.2. The number of amides is 1. The lowest BCUT2D eigenvalue weighted by Crippen LogP contribution is -2.44. The molecule has 3 rings (SSSR count). The minimum absolute atomic E-state index is 0.242. The Bertz CT molecular complexity index is 766. The second kappa shape index (κ2) is 6.32. The third-order valence-electron chi connectivity index (χ3n) is 3.56. The molecule has 1 amide bonds. The fraction of sp³-hybridized carbons (Fsp3) is 0.118. The molecule has 5 heteroatoms. The maximum absolute atomic E-state index is 12.1. The van der Waals surface area contributed by atoms with Gasteiger partial charge in [0.05, 0.1) is 11.7 Å².